The molecule has 0 aliphatic heterocycles. The van der Waals surface area contributed by atoms with E-state index in [9.17, 15) is 4.79 Å². The molecule has 0 aliphatic rings. The summed E-state index contributed by atoms with van der Waals surface area (Å²) in [5.41, 5.74) is 2.69. The highest BCUT2D eigenvalue weighted by Gasteiger charge is 2.13. The summed E-state index contributed by atoms with van der Waals surface area (Å²) >= 11 is 2.26. The van der Waals surface area contributed by atoms with Crippen LogP contribution in [0, 0.1) is 3.57 Å². The molecule has 0 unspecified atom stereocenters. The molecular weight excluding hydrogens is 339 g/mol. The molecule has 3 nitrogen and oxygen atoms in total. The number of hydrogen-bond acceptors (Lipinski definition) is 2. The predicted molar refractivity (Wildman–Crippen MR) is 79.8 cm³/mol. The smallest absolute Gasteiger partial charge is 0.185 e. The van der Waals surface area contributed by atoms with Crippen LogP contribution in [0.15, 0.2) is 30.3 Å². The Labute approximate surface area is 120 Å². The molecule has 0 spiro atoms. The van der Waals surface area contributed by atoms with Gasteiger partial charge in [0.25, 0.3) is 0 Å². The van der Waals surface area contributed by atoms with E-state index in [1.807, 2.05) is 44.3 Å². The molecule has 0 bridgehead atoms. The summed E-state index contributed by atoms with van der Waals surface area (Å²) in [6, 6.07) is 9.91. The number of benzene rings is 1. The van der Waals surface area contributed by atoms with E-state index < -0.39 is 0 Å². The zero-order valence-electron chi connectivity index (χ0n) is 10.5. The lowest BCUT2D eigenvalue weighted by molar-refractivity contribution is 0.0984. The van der Waals surface area contributed by atoms with Crippen LogP contribution in [0.2, 0.25) is 0 Å². The van der Waals surface area contributed by atoms with E-state index in [-0.39, 0.29) is 5.78 Å². The topological polar surface area (TPSA) is 34.9 Å². The van der Waals surface area contributed by atoms with Crippen molar-refractivity contribution in [2.45, 2.75) is 19.8 Å². The molecule has 2 rings (SSSR count). The molecule has 1 heterocycles. The van der Waals surface area contributed by atoms with Gasteiger partial charge in [0.2, 0.25) is 0 Å². The molecule has 1 aromatic heterocycles. The van der Waals surface area contributed by atoms with Crippen molar-refractivity contribution < 1.29 is 4.79 Å². The summed E-state index contributed by atoms with van der Waals surface area (Å²) < 4.78 is 2.85. The number of Topliss-reactive ketones (excluding diaryl/α,β-unsaturated/α-hetero) is 1. The van der Waals surface area contributed by atoms with Crippen LogP contribution < -0.4 is 0 Å². The van der Waals surface area contributed by atoms with Crippen molar-refractivity contribution in [3.05, 3.63) is 50.9 Å². The first-order valence-corrected chi connectivity index (χ1v) is 6.98. The number of ketones is 1. The minimum absolute atomic E-state index is 0.117. The molecule has 94 valence electrons. The Bertz CT molecular complexity index is 558. The number of halogens is 1. The number of aromatic nitrogens is 2. The SMILES string of the molecule is CCc1cc(C(=O)Cc2ccc(I)cc2)n(C)n1. The van der Waals surface area contributed by atoms with E-state index in [4.69, 9.17) is 0 Å². The standard InChI is InChI=1S/C14H15IN2O/c1-3-12-9-13(17(2)16-12)14(18)8-10-4-6-11(15)7-5-10/h4-7,9H,3,8H2,1-2H3. The van der Waals surface area contributed by atoms with Gasteiger partial charge in [-0.3, -0.25) is 9.48 Å². The Kier molecular flexibility index (Phi) is 4.16. The zero-order chi connectivity index (χ0) is 13.1. The van der Waals surface area contributed by atoms with Crippen LogP contribution >= 0.6 is 22.6 Å². The summed E-state index contributed by atoms with van der Waals surface area (Å²) in [6.45, 7) is 2.04. The van der Waals surface area contributed by atoms with Crippen LogP contribution in [0.1, 0.15) is 28.7 Å². The van der Waals surface area contributed by atoms with Crippen LogP contribution in [-0.4, -0.2) is 15.6 Å². The van der Waals surface area contributed by atoms with E-state index in [1.54, 1.807) is 4.68 Å². The summed E-state index contributed by atoms with van der Waals surface area (Å²) in [6.07, 6.45) is 1.28. The molecule has 0 saturated carbocycles. The molecule has 0 amide bonds. The number of nitrogens with zero attached hydrogens (tertiary/aromatic N) is 2. The highest BCUT2D eigenvalue weighted by Crippen LogP contribution is 2.11. The summed E-state index contributed by atoms with van der Waals surface area (Å²) in [4.78, 5) is 12.2. The number of carbonyl (C=O) groups excluding carboxylic acids is 1. The molecular formula is C14H15IN2O. The van der Waals surface area contributed by atoms with Crippen molar-refractivity contribution in [2.24, 2.45) is 7.05 Å². The fraction of sp³-hybridized carbons (Fsp3) is 0.286. The normalized spacial score (nSPS) is 10.6. The fourth-order valence-corrected chi connectivity index (χ4v) is 2.20. The lowest BCUT2D eigenvalue weighted by Gasteiger charge is -2.02. The molecule has 0 radical (unpaired) electrons. The van der Waals surface area contributed by atoms with Gasteiger partial charge in [0.15, 0.2) is 5.78 Å². The largest absolute Gasteiger partial charge is 0.292 e. The third kappa shape index (κ3) is 2.98. The minimum atomic E-state index is 0.117. The molecule has 0 atom stereocenters. The Balaban J connectivity index is 2.16. The van der Waals surface area contributed by atoms with Crippen molar-refractivity contribution in [1.29, 1.82) is 0 Å². The van der Waals surface area contributed by atoms with Gasteiger partial charge >= 0.3 is 0 Å². The highest BCUT2D eigenvalue weighted by molar-refractivity contribution is 14.1. The van der Waals surface area contributed by atoms with Crippen LogP contribution in [0.5, 0.6) is 0 Å². The average Bonchev–Trinajstić information content (AvgIpc) is 2.73. The molecule has 18 heavy (non-hydrogen) atoms. The van der Waals surface area contributed by atoms with Gasteiger partial charge in [0, 0.05) is 17.0 Å². The third-order valence-electron chi connectivity index (χ3n) is 2.86. The first kappa shape index (κ1) is 13.3. The molecule has 1 aromatic carbocycles. The maximum absolute atomic E-state index is 12.2. The molecule has 0 aliphatic carbocycles. The van der Waals surface area contributed by atoms with Gasteiger partial charge < -0.3 is 0 Å². The van der Waals surface area contributed by atoms with Crippen molar-refractivity contribution in [2.75, 3.05) is 0 Å². The zero-order valence-corrected chi connectivity index (χ0v) is 12.6. The molecule has 0 N–H and O–H groups in total. The van der Waals surface area contributed by atoms with Gasteiger partial charge in [0.05, 0.1) is 5.69 Å². The highest BCUT2D eigenvalue weighted by atomic mass is 127. The van der Waals surface area contributed by atoms with Crippen LogP contribution in [0.4, 0.5) is 0 Å². The monoisotopic (exact) mass is 354 g/mol. The van der Waals surface area contributed by atoms with E-state index >= 15 is 0 Å². The predicted octanol–water partition coefficient (Wildman–Crippen LogP) is 3.01. The van der Waals surface area contributed by atoms with Crippen molar-refractivity contribution >= 4 is 28.4 Å². The second-order valence-corrected chi connectivity index (χ2v) is 5.47. The van der Waals surface area contributed by atoms with Gasteiger partial charge in [-0.15, -0.1) is 0 Å². The minimum Gasteiger partial charge on any atom is -0.292 e. The van der Waals surface area contributed by atoms with Crippen molar-refractivity contribution in [1.82, 2.24) is 9.78 Å². The number of aryl methyl sites for hydroxylation is 2. The van der Waals surface area contributed by atoms with E-state index in [0.29, 0.717) is 12.1 Å². The summed E-state index contributed by atoms with van der Waals surface area (Å²) in [7, 11) is 1.82. The maximum Gasteiger partial charge on any atom is 0.185 e. The Morgan fingerprint density at radius 1 is 1.33 bits per heavy atom. The average molecular weight is 354 g/mol. The molecule has 4 heteroatoms. The quantitative estimate of drug-likeness (QED) is 0.625. The van der Waals surface area contributed by atoms with Gasteiger partial charge in [-0.25, -0.2) is 0 Å². The number of rotatable bonds is 4. The van der Waals surface area contributed by atoms with Gasteiger partial charge in [0.1, 0.15) is 5.69 Å². The van der Waals surface area contributed by atoms with Crippen molar-refractivity contribution in [3.8, 4) is 0 Å². The lowest BCUT2D eigenvalue weighted by atomic mass is 10.1. The lowest BCUT2D eigenvalue weighted by Crippen LogP contribution is -2.09. The number of hydrogen-bond donors (Lipinski definition) is 0. The molecule has 0 saturated heterocycles. The third-order valence-corrected chi connectivity index (χ3v) is 3.58. The second kappa shape index (κ2) is 5.65. The van der Waals surface area contributed by atoms with E-state index in [0.717, 1.165) is 17.7 Å². The molecule has 2 aromatic rings. The summed E-state index contributed by atoms with van der Waals surface area (Å²) in [5, 5.41) is 4.30. The fourth-order valence-electron chi connectivity index (χ4n) is 1.84. The van der Waals surface area contributed by atoms with Gasteiger partial charge in [-0.1, -0.05) is 19.1 Å². The van der Waals surface area contributed by atoms with E-state index in [1.165, 1.54) is 3.57 Å². The van der Waals surface area contributed by atoms with E-state index in [2.05, 4.69) is 27.7 Å². The Morgan fingerprint density at radius 3 is 2.56 bits per heavy atom. The van der Waals surface area contributed by atoms with Crippen molar-refractivity contribution in [3.63, 3.8) is 0 Å². The van der Waals surface area contributed by atoms with Crippen LogP contribution in [-0.2, 0) is 19.9 Å². The molecule has 0 fully saturated rings. The van der Waals surface area contributed by atoms with Gasteiger partial charge in [-0.05, 0) is 52.8 Å². The number of carbonyl (C=O) groups is 1. The van der Waals surface area contributed by atoms with Gasteiger partial charge in [-0.2, -0.15) is 5.10 Å². The first-order valence-electron chi connectivity index (χ1n) is 5.90. The van der Waals surface area contributed by atoms with Crippen LogP contribution in [0.3, 0.4) is 0 Å². The second-order valence-electron chi connectivity index (χ2n) is 4.22. The Hall–Kier alpha value is -1.17. The Morgan fingerprint density at radius 2 is 2.00 bits per heavy atom. The van der Waals surface area contributed by atoms with Crippen LogP contribution in [0.25, 0.3) is 0 Å². The first-order chi connectivity index (χ1) is 8.60. The maximum atomic E-state index is 12.2. The summed E-state index contributed by atoms with van der Waals surface area (Å²) in [5.74, 6) is 0.117.